The highest BCUT2D eigenvalue weighted by Gasteiger charge is 2.20. The van der Waals surface area contributed by atoms with Gasteiger partial charge in [0, 0.05) is 24.9 Å². The molecule has 0 aliphatic carbocycles. The van der Waals surface area contributed by atoms with E-state index in [-0.39, 0.29) is 24.4 Å². The minimum Gasteiger partial charge on any atom is -0.426 e. The number of carbonyl (C=O) groups excluding carboxylic acids is 2. The number of benzene rings is 1. The van der Waals surface area contributed by atoms with E-state index in [2.05, 4.69) is 5.32 Å². The zero-order chi connectivity index (χ0) is 20.2. The number of nitrogens with zero attached hydrogens (tertiary/aromatic N) is 1. The Bertz CT molecular complexity index is 569. The van der Waals surface area contributed by atoms with E-state index in [1.54, 1.807) is 4.90 Å². The minimum atomic E-state index is -1.51. The number of hydrogen-bond acceptors (Lipinski definition) is 5. The number of unbranched alkanes of at least 4 members (excludes halogenated alkanes) is 1. The van der Waals surface area contributed by atoms with Crippen LogP contribution in [0.5, 0.6) is 0 Å². The molecule has 0 radical (unpaired) electrons. The zero-order valence-electron chi connectivity index (χ0n) is 16.3. The number of nitrogens with one attached hydrogen (secondary N) is 1. The fraction of sp³-hybridized carbons (Fsp3) is 0.579. The van der Waals surface area contributed by atoms with E-state index in [0.717, 1.165) is 5.56 Å². The second kappa shape index (κ2) is 12.5. The highest BCUT2D eigenvalue weighted by molar-refractivity contribution is 6.43. The fourth-order valence-electron chi connectivity index (χ4n) is 2.69. The Hall–Kier alpha value is -1.90. The molecular formula is C19H32BN3O4. The van der Waals surface area contributed by atoms with Crippen LogP contribution in [-0.2, 0) is 16.0 Å². The normalized spacial score (nSPS) is 11.9. The standard InChI is InChI=1S/C19H32BN3O4/c1-15(2)23(19(25)12-11-16-8-4-3-5-9-16)14-18(24)22-13-7-6-10-17(21)20(26)27/h3-5,8-9,15,17,26-27H,6-7,10-14,21H2,1-2H3,(H,22,24). The number of nitrogens with two attached hydrogens (primary N) is 1. The van der Waals surface area contributed by atoms with Crippen LogP contribution in [0.15, 0.2) is 30.3 Å². The van der Waals surface area contributed by atoms with Crippen LogP contribution in [0.2, 0.25) is 0 Å². The van der Waals surface area contributed by atoms with Crippen LogP contribution in [-0.4, -0.2) is 59.0 Å². The van der Waals surface area contributed by atoms with Crippen molar-refractivity contribution in [3.63, 3.8) is 0 Å². The van der Waals surface area contributed by atoms with Gasteiger partial charge in [0.05, 0.1) is 6.54 Å². The van der Waals surface area contributed by atoms with Crippen molar-refractivity contribution in [1.82, 2.24) is 10.2 Å². The van der Waals surface area contributed by atoms with Gasteiger partial charge in [0.15, 0.2) is 0 Å². The van der Waals surface area contributed by atoms with Gasteiger partial charge in [-0.05, 0) is 38.7 Å². The lowest BCUT2D eigenvalue weighted by Crippen LogP contribution is -2.44. The average Bonchev–Trinajstić information content (AvgIpc) is 2.64. The topological polar surface area (TPSA) is 116 Å². The predicted molar refractivity (Wildman–Crippen MR) is 107 cm³/mol. The van der Waals surface area contributed by atoms with E-state index >= 15 is 0 Å². The summed E-state index contributed by atoms with van der Waals surface area (Å²) < 4.78 is 0. The second-order valence-corrected chi connectivity index (χ2v) is 7.02. The first kappa shape index (κ1) is 23.1. The van der Waals surface area contributed by atoms with Gasteiger partial charge >= 0.3 is 7.12 Å². The van der Waals surface area contributed by atoms with Crippen LogP contribution in [0.1, 0.15) is 45.1 Å². The number of carbonyl (C=O) groups is 2. The summed E-state index contributed by atoms with van der Waals surface area (Å²) >= 11 is 0. The predicted octanol–water partition coefficient (Wildman–Crippen LogP) is 0.482. The Balaban J connectivity index is 2.33. The van der Waals surface area contributed by atoms with Gasteiger partial charge in [0.1, 0.15) is 0 Å². The van der Waals surface area contributed by atoms with Crippen LogP contribution in [0.3, 0.4) is 0 Å². The van der Waals surface area contributed by atoms with E-state index in [0.29, 0.717) is 38.6 Å². The number of amides is 2. The molecule has 5 N–H and O–H groups in total. The van der Waals surface area contributed by atoms with Crippen LogP contribution < -0.4 is 11.1 Å². The summed E-state index contributed by atoms with van der Waals surface area (Å²) in [7, 11) is -1.51. The van der Waals surface area contributed by atoms with Gasteiger partial charge < -0.3 is 26.0 Å². The summed E-state index contributed by atoms with van der Waals surface area (Å²) in [6, 6.07) is 9.75. The molecule has 0 aliphatic heterocycles. The Morgan fingerprint density at radius 1 is 1.19 bits per heavy atom. The number of aryl methyl sites for hydroxylation is 1. The quantitative estimate of drug-likeness (QED) is 0.312. The highest BCUT2D eigenvalue weighted by atomic mass is 16.4. The molecular weight excluding hydrogens is 345 g/mol. The van der Waals surface area contributed by atoms with E-state index in [9.17, 15) is 9.59 Å². The molecule has 150 valence electrons. The average molecular weight is 377 g/mol. The molecule has 8 heteroatoms. The monoisotopic (exact) mass is 377 g/mol. The van der Waals surface area contributed by atoms with Crippen molar-refractivity contribution in [1.29, 1.82) is 0 Å². The van der Waals surface area contributed by atoms with Gasteiger partial charge in [-0.3, -0.25) is 9.59 Å². The summed E-state index contributed by atoms with van der Waals surface area (Å²) in [5, 5.41) is 20.6. The molecule has 2 amide bonds. The van der Waals surface area contributed by atoms with E-state index < -0.39 is 13.1 Å². The lowest BCUT2D eigenvalue weighted by atomic mass is 9.77. The van der Waals surface area contributed by atoms with Crippen LogP contribution in [0.25, 0.3) is 0 Å². The first-order chi connectivity index (χ1) is 12.8. The molecule has 0 heterocycles. The molecule has 0 spiro atoms. The van der Waals surface area contributed by atoms with Crippen molar-refractivity contribution in [3.8, 4) is 0 Å². The van der Waals surface area contributed by atoms with Gasteiger partial charge in [0.2, 0.25) is 11.8 Å². The molecule has 0 bridgehead atoms. The maximum Gasteiger partial charge on any atom is 0.469 e. The Labute approximate surface area is 162 Å². The molecule has 0 saturated carbocycles. The smallest absolute Gasteiger partial charge is 0.426 e. The molecule has 27 heavy (non-hydrogen) atoms. The van der Waals surface area contributed by atoms with Crippen LogP contribution in [0.4, 0.5) is 0 Å². The van der Waals surface area contributed by atoms with Crippen LogP contribution in [0, 0.1) is 0 Å². The Kier molecular flexibility index (Phi) is 10.7. The third kappa shape index (κ3) is 9.56. The van der Waals surface area contributed by atoms with Crippen molar-refractivity contribution in [2.45, 2.75) is 57.9 Å². The fourth-order valence-corrected chi connectivity index (χ4v) is 2.69. The van der Waals surface area contributed by atoms with Crippen molar-refractivity contribution in [3.05, 3.63) is 35.9 Å². The molecule has 1 rings (SSSR count). The van der Waals surface area contributed by atoms with Crippen molar-refractivity contribution >= 4 is 18.9 Å². The van der Waals surface area contributed by atoms with Gasteiger partial charge in [-0.1, -0.05) is 36.8 Å². The molecule has 0 aliphatic rings. The molecule has 1 aromatic carbocycles. The van der Waals surface area contributed by atoms with E-state index in [4.69, 9.17) is 15.8 Å². The third-order valence-electron chi connectivity index (χ3n) is 4.40. The van der Waals surface area contributed by atoms with E-state index in [1.807, 2.05) is 44.2 Å². The largest absolute Gasteiger partial charge is 0.469 e. The minimum absolute atomic E-state index is 0.0353. The molecule has 7 nitrogen and oxygen atoms in total. The van der Waals surface area contributed by atoms with Crippen molar-refractivity contribution in [2.75, 3.05) is 13.1 Å². The van der Waals surface area contributed by atoms with Gasteiger partial charge in [0.25, 0.3) is 0 Å². The third-order valence-corrected chi connectivity index (χ3v) is 4.40. The lowest BCUT2D eigenvalue weighted by Gasteiger charge is -2.26. The SMILES string of the molecule is CC(C)N(CC(=O)NCCCCC(N)B(O)O)C(=O)CCc1ccccc1. The molecule has 0 saturated heterocycles. The molecule has 1 aromatic rings. The van der Waals surface area contributed by atoms with Crippen molar-refractivity contribution in [2.24, 2.45) is 5.73 Å². The van der Waals surface area contributed by atoms with Crippen LogP contribution >= 0.6 is 0 Å². The van der Waals surface area contributed by atoms with Gasteiger partial charge in [-0.15, -0.1) is 0 Å². The van der Waals surface area contributed by atoms with E-state index in [1.165, 1.54) is 0 Å². The maximum absolute atomic E-state index is 12.5. The number of rotatable bonds is 12. The first-order valence-electron chi connectivity index (χ1n) is 9.53. The Morgan fingerprint density at radius 2 is 1.85 bits per heavy atom. The molecule has 0 aromatic heterocycles. The summed E-state index contributed by atoms with van der Waals surface area (Å²) in [5.74, 6) is -0.894. The Morgan fingerprint density at radius 3 is 2.44 bits per heavy atom. The summed E-state index contributed by atoms with van der Waals surface area (Å²) in [4.78, 5) is 26.2. The first-order valence-corrected chi connectivity index (χ1v) is 9.53. The molecule has 1 atom stereocenters. The number of hydrogen-bond donors (Lipinski definition) is 4. The highest BCUT2D eigenvalue weighted by Crippen LogP contribution is 2.07. The summed E-state index contributed by atoms with van der Waals surface area (Å²) in [5.41, 5.74) is 6.63. The molecule has 0 fully saturated rings. The second-order valence-electron chi connectivity index (χ2n) is 7.02. The zero-order valence-corrected chi connectivity index (χ0v) is 16.3. The molecule has 1 unspecified atom stereocenters. The van der Waals surface area contributed by atoms with Gasteiger partial charge in [-0.2, -0.15) is 0 Å². The van der Waals surface area contributed by atoms with Gasteiger partial charge in [-0.25, -0.2) is 0 Å². The lowest BCUT2D eigenvalue weighted by molar-refractivity contribution is -0.137. The summed E-state index contributed by atoms with van der Waals surface area (Å²) in [6.07, 6.45) is 2.88. The maximum atomic E-state index is 12.5. The summed E-state index contributed by atoms with van der Waals surface area (Å²) in [6.45, 7) is 4.31. The van der Waals surface area contributed by atoms with Crippen molar-refractivity contribution < 1.29 is 19.6 Å².